The second-order valence-electron chi connectivity index (χ2n) is 7.33. The quantitative estimate of drug-likeness (QED) is 0.388. The number of imide groups is 1. The van der Waals surface area contributed by atoms with E-state index in [0.717, 1.165) is 17.9 Å². The average molecular weight is 353 g/mol. The highest BCUT2D eigenvalue weighted by Gasteiger charge is 2.44. The Balaban J connectivity index is 2.36. The van der Waals surface area contributed by atoms with Crippen molar-refractivity contribution in [3.63, 3.8) is 0 Å². The Kier molecular flexibility index (Phi) is 9.76. The molecule has 1 heterocycles. The number of amides is 3. The predicted molar refractivity (Wildman–Crippen MR) is 99.4 cm³/mol. The maximum Gasteiger partial charge on any atom is 0.252 e. The van der Waals surface area contributed by atoms with E-state index < -0.39 is 0 Å². The molecule has 1 aliphatic heterocycles. The van der Waals surface area contributed by atoms with Crippen molar-refractivity contribution in [1.82, 2.24) is 10.0 Å². The summed E-state index contributed by atoms with van der Waals surface area (Å²) in [4.78, 5) is 36.5. The zero-order chi connectivity index (χ0) is 18.8. The van der Waals surface area contributed by atoms with Crippen molar-refractivity contribution in [2.45, 2.75) is 91.9 Å². The van der Waals surface area contributed by atoms with E-state index in [4.69, 9.17) is 0 Å². The van der Waals surface area contributed by atoms with E-state index in [9.17, 15) is 14.4 Å². The fraction of sp³-hybridized carbons (Fsp3) is 0.850. The lowest BCUT2D eigenvalue weighted by molar-refractivity contribution is -0.167. The topological polar surface area (TPSA) is 57.7 Å². The highest BCUT2D eigenvalue weighted by Crippen LogP contribution is 2.31. The molecule has 0 saturated carbocycles. The summed E-state index contributed by atoms with van der Waals surface area (Å²) in [7, 11) is 0. The van der Waals surface area contributed by atoms with Gasteiger partial charge in [0.1, 0.15) is 0 Å². The van der Waals surface area contributed by atoms with E-state index in [-0.39, 0.29) is 36.0 Å². The van der Waals surface area contributed by atoms with Crippen molar-refractivity contribution in [3.8, 4) is 0 Å². The zero-order valence-electron chi connectivity index (χ0n) is 16.6. The molecule has 0 aromatic heterocycles. The molecule has 0 aliphatic carbocycles. The maximum absolute atomic E-state index is 12.6. The highest BCUT2D eigenvalue weighted by atomic mass is 16.2. The smallest absolute Gasteiger partial charge is 0.252 e. The minimum absolute atomic E-state index is 0.187. The van der Waals surface area contributed by atoms with Crippen molar-refractivity contribution in [2.24, 2.45) is 11.8 Å². The van der Waals surface area contributed by atoms with Crippen molar-refractivity contribution in [1.29, 1.82) is 0 Å². The summed E-state index contributed by atoms with van der Waals surface area (Å²) in [5, 5.41) is 2.34. The lowest BCUT2D eigenvalue weighted by Gasteiger charge is -2.28. The van der Waals surface area contributed by atoms with Gasteiger partial charge >= 0.3 is 0 Å². The Bertz CT molecular complexity index is 450. The number of unbranched alkanes of at least 4 members (excludes halogenated alkanes) is 7. The van der Waals surface area contributed by atoms with Crippen LogP contribution in [0.15, 0.2) is 0 Å². The van der Waals surface area contributed by atoms with Crippen LogP contribution in [0.25, 0.3) is 0 Å². The van der Waals surface area contributed by atoms with Crippen LogP contribution in [0.3, 0.4) is 0 Å². The van der Waals surface area contributed by atoms with Crippen LogP contribution < -0.4 is 0 Å². The van der Waals surface area contributed by atoms with E-state index in [1.54, 1.807) is 6.92 Å². The van der Waals surface area contributed by atoms with Crippen molar-refractivity contribution >= 4 is 17.7 Å². The lowest BCUT2D eigenvalue weighted by atomic mass is 9.88. The molecule has 0 radical (unpaired) electrons. The summed E-state index contributed by atoms with van der Waals surface area (Å²) < 4.78 is 0. The molecule has 0 aromatic rings. The third-order valence-corrected chi connectivity index (χ3v) is 5.26. The third-order valence-electron chi connectivity index (χ3n) is 5.26. The molecule has 5 heteroatoms. The van der Waals surface area contributed by atoms with Gasteiger partial charge in [0.15, 0.2) is 0 Å². The highest BCUT2D eigenvalue weighted by molar-refractivity contribution is 6.04. The number of rotatable bonds is 12. The second-order valence-corrected chi connectivity index (χ2v) is 7.33. The molecule has 25 heavy (non-hydrogen) atoms. The van der Waals surface area contributed by atoms with Crippen LogP contribution in [0.5, 0.6) is 0 Å². The number of carbonyl (C=O) groups is 3. The Morgan fingerprint density at radius 1 is 1.08 bits per heavy atom. The molecule has 1 rings (SSSR count). The third kappa shape index (κ3) is 6.44. The molecule has 0 bridgehead atoms. The van der Waals surface area contributed by atoms with Crippen LogP contribution in [0, 0.1) is 11.8 Å². The van der Waals surface area contributed by atoms with E-state index in [2.05, 4.69) is 13.8 Å². The monoisotopic (exact) mass is 352 g/mol. The molecule has 1 aliphatic rings. The van der Waals surface area contributed by atoms with Gasteiger partial charge in [0.25, 0.3) is 5.91 Å². The summed E-state index contributed by atoms with van der Waals surface area (Å²) >= 11 is 0. The van der Waals surface area contributed by atoms with Crippen molar-refractivity contribution in [3.05, 3.63) is 0 Å². The predicted octanol–water partition coefficient (Wildman–Crippen LogP) is 4.31. The van der Waals surface area contributed by atoms with Gasteiger partial charge in [0.05, 0.1) is 5.92 Å². The second kappa shape index (κ2) is 11.3. The summed E-state index contributed by atoms with van der Waals surface area (Å²) in [6.07, 6.45) is 11.3. The summed E-state index contributed by atoms with van der Waals surface area (Å²) in [5.41, 5.74) is 0. The molecule has 0 aromatic carbocycles. The number of carbonyl (C=O) groups excluding carboxylic acids is 3. The fourth-order valence-electron chi connectivity index (χ4n) is 3.65. The number of nitrogens with zero attached hydrogens (tertiary/aromatic N) is 2. The van der Waals surface area contributed by atoms with E-state index in [1.165, 1.54) is 56.9 Å². The molecule has 2 unspecified atom stereocenters. The number of hydrogen-bond acceptors (Lipinski definition) is 3. The Hall–Kier alpha value is -1.39. The summed E-state index contributed by atoms with van der Waals surface area (Å²) in [6, 6.07) is 0. The Labute approximate surface area is 153 Å². The van der Waals surface area contributed by atoms with Gasteiger partial charge in [-0.1, -0.05) is 65.2 Å². The maximum atomic E-state index is 12.6. The molecule has 3 amide bonds. The first-order valence-electron chi connectivity index (χ1n) is 10.1. The van der Waals surface area contributed by atoms with E-state index in [1.807, 2.05) is 0 Å². The van der Waals surface area contributed by atoms with Crippen molar-refractivity contribution < 1.29 is 14.4 Å². The van der Waals surface area contributed by atoms with Crippen molar-refractivity contribution in [2.75, 3.05) is 6.54 Å². The summed E-state index contributed by atoms with van der Waals surface area (Å²) in [5.74, 6) is -0.790. The van der Waals surface area contributed by atoms with Gasteiger partial charge in [-0.05, 0) is 19.3 Å². The van der Waals surface area contributed by atoms with Crippen LogP contribution in [-0.2, 0) is 14.4 Å². The Morgan fingerprint density at radius 3 is 2.16 bits per heavy atom. The summed E-state index contributed by atoms with van der Waals surface area (Å²) in [6.45, 7) is 7.80. The molecular weight excluding hydrogens is 316 g/mol. The Morgan fingerprint density at radius 2 is 1.64 bits per heavy atom. The molecule has 5 nitrogen and oxygen atoms in total. The molecule has 1 fully saturated rings. The van der Waals surface area contributed by atoms with Gasteiger partial charge in [-0.15, -0.1) is 0 Å². The standard InChI is InChI=1S/C20H36N2O3/c1-5-7-8-9-10-11-12-13-14-16(3)18-15-19(24)22(20(18)25)21(6-2)17(4)23/h16,18H,5-15H2,1-4H3. The van der Waals surface area contributed by atoms with Gasteiger partial charge in [-0.3, -0.25) is 14.4 Å². The van der Waals surface area contributed by atoms with Gasteiger partial charge < -0.3 is 0 Å². The van der Waals surface area contributed by atoms with E-state index >= 15 is 0 Å². The number of hydrogen-bond donors (Lipinski definition) is 0. The molecule has 0 spiro atoms. The first kappa shape index (κ1) is 21.7. The molecule has 0 N–H and O–H groups in total. The van der Waals surface area contributed by atoms with Crippen LogP contribution in [0.2, 0.25) is 0 Å². The lowest BCUT2D eigenvalue weighted by Crippen LogP contribution is -2.49. The van der Waals surface area contributed by atoms with Crippen LogP contribution in [-0.4, -0.2) is 34.3 Å². The number of hydrazine groups is 1. The molecule has 144 valence electrons. The zero-order valence-corrected chi connectivity index (χ0v) is 16.6. The minimum atomic E-state index is -0.273. The largest absolute Gasteiger partial charge is 0.273 e. The van der Waals surface area contributed by atoms with Crippen LogP contribution in [0.1, 0.15) is 91.9 Å². The molecular formula is C20H36N2O3. The van der Waals surface area contributed by atoms with Gasteiger partial charge in [-0.25, -0.2) is 5.01 Å². The van der Waals surface area contributed by atoms with E-state index in [0.29, 0.717) is 6.54 Å². The molecule has 2 atom stereocenters. The average Bonchev–Trinajstić information content (AvgIpc) is 2.86. The molecule has 1 saturated heterocycles. The fourth-order valence-corrected chi connectivity index (χ4v) is 3.65. The normalized spacial score (nSPS) is 18.7. The minimum Gasteiger partial charge on any atom is -0.273 e. The van der Waals surface area contributed by atoms with Gasteiger partial charge in [-0.2, -0.15) is 5.01 Å². The SMILES string of the molecule is CCCCCCCCCCC(C)C1CC(=O)N(N(CC)C(C)=O)C1=O. The van der Waals surface area contributed by atoms with Gasteiger partial charge in [0, 0.05) is 19.9 Å². The van der Waals surface area contributed by atoms with Gasteiger partial charge in [0.2, 0.25) is 11.8 Å². The first-order chi connectivity index (χ1) is 11.9. The van der Waals surface area contributed by atoms with Crippen LogP contribution in [0.4, 0.5) is 0 Å². The van der Waals surface area contributed by atoms with Crippen LogP contribution >= 0.6 is 0 Å². The first-order valence-corrected chi connectivity index (χ1v) is 10.1.